The molecule has 2 atom stereocenters. The van der Waals surface area contributed by atoms with Crippen LogP contribution in [-0.4, -0.2) is 30.7 Å². The summed E-state index contributed by atoms with van der Waals surface area (Å²) in [6.45, 7) is 1.96. The molecule has 0 radical (unpaired) electrons. The summed E-state index contributed by atoms with van der Waals surface area (Å²) >= 11 is 2.04. The molecular formula is C17H25NOS. The molecule has 2 nitrogen and oxygen atoms in total. The Kier molecular flexibility index (Phi) is 4.90. The van der Waals surface area contributed by atoms with Gasteiger partial charge in [0.25, 0.3) is 0 Å². The molecule has 1 aromatic rings. The van der Waals surface area contributed by atoms with Gasteiger partial charge in [-0.3, -0.25) is 0 Å². The van der Waals surface area contributed by atoms with E-state index in [1.54, 1.807) is 0 Å². The Labute approximate surface area is 126 Å². The maximum atomic E-state index is 5.56. The summed E-state index contributed by atoms with van der Waals surface area (Å²) in [5.74, 6) is 1.09. The highest BCUT2D eigenvalue weighted by atomic mass is 32.2. The van der Waals surface area contributed by atoms with Gasteiger partial charge in [-0.05, 0) is 55.7 Å². The number of rotatable bonds is 5. The molecule has 1 N–H and O–H groups in total. The summed E-state index contributed by atoms with van der Waals surface area (Å²) in [4.78, 5) is 0. The molecule has 0 saturated heterocycles. The van der Waals surface area contributed by atoms with Gasteiger partial charge in [-0.1, -0.05) is 18.6 Å². The van der Waals surface area contributed by atoms with Crippen LogP contribution in [0.2, 0.25) is 0 Å². The van der Waals surface area contributed by atoms with E-state index in [0.717, 1.165) is 43.0 Å². The van der Waals surface area contributed by atoms with Crippen molar-refractivity contribution in [2.45, 2.75) is 49.8 Å². The Morgan fingerprint density at radius 2 is 2.30 bits per heavy atom. The van der Waals surface area contributed by atoms with Crippen LogP contribution in [0.4, 0.5) is 0 Å². The molecular weight excluding hydrogens is 266 g/mol. The van der Waals surface area contributed by atoms with Crippen LogP contribution in [0, 0.1) is 0 Å². The van der Waals surface area contributed by atoms with E-state index < -0.39 is 0 Å². The molecule has 1 aliphatic carbocycles. The Balaban J connectivity index is 1.45. The quantitative estimate of drug-likeness (QED) is 0.898. The number of ether oxygens (including phenoxy) is 1. The maximum absolute atomic E-state index is 5.56. The van der Waals surface area contributed by atoms with E-state index in [4.69, 9.17) is 4.74 Å². The summed E-state index contributed by atoms with van der Waals surface area (Å²) in [7, 11) is 0. The summed E-state index contributed by atoms with van der Waals surface area (Å²) in [6.07, 6.45) is 9.96. The van der Waals surface area contributed by atoms with E-state index in [2.05, 4.69) is 29.8 Å². The standard InChI is InChI=1S/C17H25NOS/c1-20-16-4-2-3-15(12-16)18-9-7-13-5-6-17-14(11-13)8-10-19-17/h5-6,11,15-16,18H,2-4,7-10,12H2,1H3. The lowest BCUT2D eigenvalue weighted by Crippen LogP contribution is -2.36. The second kappa shape index (κ2) is 6.86. The predicted molar refractivity (Wildman–Crippen MR) is 86.9 cm³/mol. The van der Waals surface area contributed by atoms with Gasteiger partial charge in [0.2, 0.25) is 0 Å². The molecule has 1 heterocycles. The second-order valence-electron chi connectivity index (χ2n) is 5.97. The molecule has 3 rings (SSSR count). The molecule has 0 aromatic heterocycles. The Bertz CT molecular complexity index is 449. The molecule has 0 bridgehead atoms. The highest BCUT2D eigenvalue weighted by Crippen LogP contribution is 2.27. The summed E-state index contributed by atoms with van der Waals surface area (Å²) in [5.41, 5.74) is 2.83. The zero-order valence-electron chi connectivity index (χ0n) is 12.4. The number of hydrogen-bond donors (Lipinski definition) is 1. The minimum atomic E-state index is 0.735. The van der Waals surface area contributed by atoms with Crippen LogP contribution in [0.25, 0.3) is 0 Å². The number of benzene rings is 1. The van der Waals surface area contributed by atoms with Crippen molar-refractivity contribution in [2.24, 2.45) is 0 Å². The molecule has 1 aromatic carbocycles. The van der Waals surface area contributed by atoms with Crippen LogP contribution in [0.3, 0.4) is 0 Å². The van der Waals surface area contributed by atoms with Crippen LogP contribution in [0.1, 0.15) is 36.8 Å². The zero-order valence-corrected chi connectivity index (χ0v) is 13.2. The smallest absolute Gasteiger partial charge is 0.122 e. The first-order valence-corrected chi connectivity index (χ1v) is 9.15. The molecule has 1 fully saturated rings. The van der Waals surface area contributed by atoms with Gasteiger partial charge in [-0.15, -0.1) is 0 Å². The van der Waals surface area contributed by atoms with Crippen molar-refractivity contribution in [3.05, 3.63) is 29.3 Å². The van der Waals surface area contributed by atoms with Crippen LogP contribution < -0.4 is 10.1 Å². The van der Waals surface area contributed by atoms with E-state index in [-0.39, 0.29) is 0 Å². The van der Waals surface area contributed by atoms with Crippen molar-refractivity contribution in [1.29, 1.82) is 0 Å². The van der Waals surface area contributed by atoms with Crippen molar-refractivity contribution < 1.29 is 4.74 Å². The average Bonchev–Trinajstić information content (AvgIpc) is 2.95. The SMILES string of the molecule is CSC1CCCC(NCCc2ccc3c(c2)CCO3)C1. The topological polar surface area (TPSA) is 21.3 Å². The fourth-order valence-electron chi connectivity index (χ4n) is 3.36. The lowest BCUT2D eigenvalue weighted by molar-refractivity contribution is 0.357. The lowest BCUT2D eigenvalue weighted by atomic mass is 9.95. The van der Waals surface area contributed by atoms with Gasteiger partial charge in [0.15, 0.2) is 0 Å². The minimum Gasteiger partial charge on any atom is -0.493 e. The first-order chi connectivity index (χ1) is 9.85. The van der Waals surface area contributed by atoms with E-state index in [1.165, 1.54) is 36.8 Å². The third-order valence-corrected chi connectivity index (χ3v) is 5.65. The molecule has 0 amide bonds. The van der Waals surface area contributed by atoms with Gasteiger partial charge in [0.05, 0.1) is 6.61 Å². The van der Waals surface area contributed by atoms with Gasteiger partial charge >= 0.3 is 0 Å². The predicted octanol–water partition coefficient (Wildman–Crippen LogP) is 3.43. The van der Waals surface area contributed by atoms with Gasteiger partial charge in [0.1, 0.15) is 5.75 Å². The number of thioether (sulfide) groups is 1. The first kappa shape index (κ1) is 14.3. The van der Waals surface area contributed by atoms with Crippen LogP contribution in [-0.2, 0) is 12.8 Å². The highest BCUT2D eigenvalue weighted by molar-refractivity contribution is 7.99. The van der Waals surface area contributed by atoms with E-state index in [1.807, 2.05) is 11.8 Å². The normalized spacial score (nSPS) is 25.2. The number of nitrogens with one attached hydrogen (secondary N) is 1. The van der Waals surface area contributed by atoms with Crippen molar-refractivity contribution in [1.82, 2.24) is 5.32 Å². The van der Waals surface area contributed by atoms with E-state index in [9.17, 15) is 0 Å². The Morgan fingerprint density at radius 3 is 3.20 bits per heavy atom. The summed E-state index contributed by atoms with van der Waals surface area (Å²) in [6, 6.07) is 7.42. The monoisotopic (exact) mass is 291 g/mol. The third-order valence-electron chi connectivity index (χ3n) is 4.56. The van der Waals surface area contributed by atoms with Crippen molar-refractivity contribution >= 4 is 11.8 Å². The van der Waals surface area contributed by atoms with Gasteiger partial charge in [-0.25, -0.2) is 0 Å². The Morgan fingerprint density at radius 1 is 1.35 bits per heavy atom. The molecule has 20 heavy (non-hydrogen) atoms. The van der Waals surface area contributed by atoms with E-state index in [0.29, 0.717) is 0 Å². The third kappa shape index (κ3) is 3.50. The lowest BCUT2D eigenvalue weighted by Gasteiger charge is -2.28. The van der Waals surface area contributed by atoms with Gasteiger partial charge < -0.3 is 10.1 Å². The maximum Gasteiger partial charge on any atom is 0.122 e. The van der Waals surface area contributed by atoms with Gasteiger partial charge in [0, 0.05) is 17.7 Å². The van der Waals surface area contributed by atoms with Crippen LogP contribution >= 0.6 is 11.8 Å². The number of hydrogen-bond acceptors (Lipinski definition) is 3. The molecule has 2 aliphatic rings. The van der Waals surface area contributed by atoms with Crippen LogP contribution in [0.5, 0.6) is 5.75 Å². The Hall–Kier alpha value is -0.670. The van der Waals surface area contributed by atoms with Crippen LogP contribution in [0.15, 0.2) is 18.2 Å². The first-order valence-electron chi connectivity index (χ1n) is 7.86. The van der Waals surface area contributed by atoms with Crippen molar-refractivity contribution in [3.8, 4) is 5.75 Å². The highest BCUT2D eigenvalue weighted by Gasteiger charge is 2.20. The largest absolute Gasteiger partial charge is 0.493 e. The summed E-state index contributed by atoms with van der Waals surface area (Å²) in [5, 5.41) is 4.63. The molecule has 110 valence electrons. The fourth-order valence-corrected chi connectivity index (χ4v) is 4.19. The molecule has 3 heteroatoms. The van der Waals surface area contributed by atoms with Crippen molar-refractivity contribution in [3.63, 3.8) is 0 Å². The minimum absolute atomic E-state index is 0.735. The second-order valence-corrected chi connectivity index (χ2v) is 7.10. The fraction of sp³-hybridized carbons (Fsp3) is 0.647. The number of fused-ring (bicyclic) bond motifs is 1. The molecule has 1 aliphatic heterocycles. The van der Waals surface area contributed by atoms with Gasteiger partial charge in [-0.2, -0.15) is 11.8 Å². The molecule has 2 unspecified atom stereocenters. The average molecular weight is 291 g/mol. The zero-order chi connectivity index (χ0) is 13.8. The molecule has 1 saturated carbocycles. The molecule has 0 spiro atoms. The summed E-state index contributed by atoms with van der Waals surface area (Å²) < 4.78 is 5.56. The van der Waals surface area contributed by atoms with Crippen molar-refractivity contribution in [2.75, 3.05) is 19.4 Å². The van der Waals surface area contributed by atoms with E-state index >= 15 is 0 Å².